The first-order chi connectivity index (χ1) is 9.37. The molecule has 0 aromatic rings. The molecule has 114 valence electrons. The minimum Gasteiger partial charge on any atom is -0.480 e. The van der Waals surface area contributed by atoms with Crippen LogP contribution in [0.2, 0.25) is 0 Å². The lowest BCUT2D eigenvalue weighted by Gasteiger charge is -2.49. The Kier molecular flexibility index (Phi) is 4.22. The summed E-state index contributed by atoms with van der Waals surface area (Å²) >= 11 is 0. The summed E-state index contributed by atoms with van der Waals surface area (Å²) < 4.78 is 0. The van der Waals surface area contributed by atoms with E-state index in [4.69, 9.17) is 0 Å². The van der Waals surface area contributed by atoms with Gasteiger partial charge in [0.05, 0.1) is 0 Å². The molecule has 0 aromatic heterocycles. The molecule has 6 heteroatoms. The summed E-state index contributed by atoms with van der Waals surface area (Å²) in [5.41, 5.74) is 0.0723. The van der Waals surface area contributed by atoms with Crippen molar-refractivity contribution in [3.05, 3.63) is 0 Å². The van der Waals surface area contributed by atoms with Crippen molar-refractivity contribution in [1.29, 1.82) is 0 Å². The van der Waals surface area contributed by atoms with E-state index >= 15 is 0 Å². The molecule has 2 fully saturated rings. The maximum atomic E-state index is 12.5. The van der Waals surface area contributed by atoms with E-state index in [0.717, 1.165) is 19.3 Å². The number of likely N-dealkylation sites (N-methyl/N-ethyl adjacent to an activating group) is 2. The summed E-state index contributed by atoms with van der Waals surface area (Å²) in [6, 6.07) is -0.801. The highest BCUT2D eigenvalue weighted by atomic mass is 16.4. The number of hydrogen-bond acceptors (Lipinski definition) is 3. The molecule has 2 rings (SSSR count). The first-order valence-corrected chi connectivity index (χ1v) is 7.29. The van der Waals surface area contributed by atoms with Crippen molar-refractivity contribution in [3.63, 3.8) is 0 Å². The van der Waals surface area contributed by atoms with Gasteiger partial charge >= 0.3 is 12.0 Å². The number of carbonyl (C=O) groups excluding carboxylic acids is 1. The van der Waals surface area contributed by atoms with Crippen LogP contribution in [-0.4, -0.2) is 77.6 Å². The Morgan fingerprint density at radius 2 is 1.90 bits per heavy atom. The predicted octanol–water partition coefficient (Wildman–Crippen LogP) is 1.07. The fourth-order valence-corrected chi connectivity index (χ4v) is 3.31. The van der Waals surface area contributed by atoms with E-state index in [1.807, 2.05) is 14.1 Å². The van der Waals surface area contributed by atoms with Gasteiger partial charge in [-0.25, -0.2) is 9.59 Å². The van der Waals surface area contributed by atoms with Gasteiger partial charge in [0.1, 0.15) is 6.04 Å². The van der Waals surface area contributed by atoms with Gasteiger partial charge in [-0.15, -0.1) is 0 Å². The second-order valence-corrected chi connectivity index (χ2v) is 6.30. The van der Waals surface area contributed by atoms with Gasteiger partial charge in [0.25, 0.3) is 0 Å². The molecule has 1 unspecified atom stereocenters. The van der Waals surface area contributed by atoms with Gasteiger partial charge in [0, 0.05) is 25.7 Å². The van der Waals surface area contributed by atoms with Crippen molar-refractivity contribution in [3.8, 4) is 0 Å². The molecule has 6 nitrogen and oxygen atoms in total. The molecular formula is C14H25N3O3. The Balaban J connectivity index is 2.00. The molecule has 0 spiro atoms. The van der Waals surface area contributed by atoms with E-state index in [2.05, 4.69) is 4.90 Å². The second-order valence-electron chi connectivity index (χ2n) is 6.30. The Morgan fingerprint density at radius 1 is 1.25 bits per heavy atom. The zero-order chi connectivity index (χ0) is 14.9. The maximum absolute atomic E-state index is 12.5. The zero-order valence-corrected chi connectivity index (χ0v) is 12.6. The summed E-state index contributed by atoms with van der Waals surface area (Å²) in [5.74, 6) is -0.893. The number of nitrogens with zero attached hydrogens (tertiary/aromatic N) is 3. The number of amides is 2. The van der Waals surface area contributed by atoms with Crippen LogP contribution in [0, 0.1) is 0 Å². The van der Waals surface area contributed by atoms with E-state index < -0.39 is 12.0 Å². The van der Waals surface area contributed by atoms with E-state index in [-0.39, 0.29) is 11.6 Å². The van der Waals surface area contributed by atoms with Crippen molar-refractivity contribution in [2.45, 2.75) is 43.7 Å². The summed E-state index contributed by atoms with van der Waals surface area (Å²) in [5, 5.41) is 9.17. The van der Waals surface area contributed by atoms with Gasteiger partial charge < -0.3 is 19.8 Å². The normalized spacial score (nSPS) is 24.6. The predicted molar refractivity (Wildman–Crippen MR) is 75.7 cm³/mol. The molecule has 1 atom stereocenters. The van der Waals surface area contributed by atoms with Crippen LogP contribution >= 0.6 is 0 Å². The summed E-state index contributed by atoms with van der Waals surface area (Å²) in [6.45, 7) is 1.22. The summed E-state index contributed by atoms with van der Waals surface area (Å²) in [6.07, 6.45) is 4.73. The minimum atomic E-state index is -0.893. The molecular weight excluding hydrogens is 258 g/mol. The third-order valence-corrected chi connectivity index (χ3v) is 4.87. The third-order valence-electron chi connectivity index (χ3n) is 4.87. The molecule has 1 heterocycles. The van der Waals surface area contributed by atoms with Crippen LogP contribution in [0.1, 0.15) is 32.1 Å². The molecule has 0 radical (unpaired) electrons. The molecule has 20 heavy (non-hydrogen) atoms. The highest BCUT2D eigenvalue weighted by molar-refractivity contribution is 5.83. The van der Waals surface area contributed by atoms with Crippen LogP contribution < -0.4 is 0 Å². The number of likely N-dealkylation sites (tertiary alicyclic amines) is 1. The van der Waals surface area contributed by atoms with Crippen molar-refractivity contribution in [1.82, 2.24) is 14.7 Å². The van der Waals surface area contributed by atoms with Crippen LogP contribution in [0.15, 0.2) is 0 Å². The van der Waals surface area contributed by atoms with Gasteiger partial charge in [0.15, 0.2) is 0 Å². The Morgan fingerprint density at radius 3 is 2.35 bits per heavy atom. The molecule has 1 aliphatic heterocycles. The van der Waals surface area contributed by atoms with E-state index in [1.165, 1.54) is 11.3 Å². The van der Waals surface area contributed by atoms with Crippen molar-refractivity contribution in [2.75, 3.05) is 34.2 Å². The number of hydrogen-bond donors (Lipinski definition) is 1. The van der Waals surface area contributed by atoms with Gasteiger partial charge in [-0.3, -0.25) is 0 Å². The lowest BCUT2D eigenvalue weighted by Crippen LogP contribution is -2.59. The van der Waals surface area contributed by atoms with Crippen LogP contribution in [-0.2, 0) is 4.79 Å². The molecule has 0 aromatic carbocycles. The van der Waals surface area contributed by atoms with E-state index in [0.29, 0.717) is 19.5 Å². The Hall–Kier alpha value is -1.30. The van der Waals surface area contributed by atoms with Crippen molar-refractivity contribution >= 4 is 12.0 Å². The van der Waals surface area contributed by atoms with Crippen LogP contribution in [0.5, 0.6) is 0 Å². The topological polar surface area (TPSA) is 64.1 Å². The number of urea groups is 1. The monoisotopic (exact) mass is 283 g/mol. The van der Waals surface area contributed by atoms with Crippen molar-refractivity contribution < 1.29 is 14.7 Å². The second kappa shape index (κ2) is 5.60. The van der Waals surface area contributed by atoms with Gasteiger partial charge in [-0.2, -0.15) is 0 Å². The number of carboxylic acid groups (broad SMARTS) is 1. The average molecular weight is 283 g/mol. The molecule has 1 saturated carbocycles. The largest absolute Gasteiger partial charge is 0.480 e. The van der Waals surface area contributed by atoms with Crippen LogP contribution in [0.4, 0.5) is 4.79 Å². The Labute approximate surface area is 120 Å². The SMILES string of the molecule is CN(CC1(N(C)C)CCC1)C(=O)N1CCCC1C(=O)O. The van der Waals surface area contributed by atoms with Gasteiger partial charge in [-0.1, -0.05) is 0 Å². The van der Waals surface area contributed by atoms with Gasteiger partial charge in [0.2, 0.25) is 0 Å². The fourth-order valence-electron chi connectivity index (χ4n) is 3.31. The van der Waals surface area contributed by atoms with Crippen LogP contribution in [0.25, 0.3) is 0 Å². The molecule has 1 aliphatic carbocycles. The first kappa shape index (κ1) is 15.1. The minimum absolute atomic E-state index is 0.0723. The lowest BCUT2D eigenvalue weighted by molar-refractivity contribution is -0.141. The third kappa shape index (κ3) is 2.61. The Bertz CT molecular complexity index is 393. The summed E-state index contributed by atoms with van der Waals surface area (Å²) in [7, 11) is 5.88. The van der Waals surface area contributed by atoms with Crippen LogP contribution in [0.3, 0.4) is 0 Å². The van der Waals surface area contributed by atoms with E-state index in [9.17, 15) is 14.7 Å². The summed E-state index contributed by atoms with van der Waals surface area (Å²) in [4.78, 5) is 29.0. The van der Waals surface area contributed by atoms with E-state index in [1.54, 1.807) is 11.9 Å². The standard InChI is InChI=1S/C14H25N3O3/c1-15(2)14(7-5-8-14)10-16(3)13(20)17-9-4-6-11(17)12(18)19/h11H,4-10H2,1-3H3,(H,18,19). The number of carboxylic acids is 1. The fraction of sp³-hybridized carbons (Fsp3) is 0.857. The van der Waals surface area contributed by atoms with Crippen molar-refractivity contribution in [2.24, 2.45) is 0 Å². The smallest absolute Gasteiger partial charge is 0.326 e. The number of aliphatic carboxylic acids is 1. The number of rotatable bonds is 4. The molecule has 1 saturated heterocycles. The maximum Gasteiger partial charge on any atom is 0.326 e. The molecule has 2 aliphatic rings. The molecule has 0 bridgehead atoms. The molecule has 2 amide bonds. The lowest BCUT2D eigenvalue weighted by atomic mass is 9.75. The van der Waals surface area contributed by atoms with Gasteiger partial charge in [-0.05, 0) is 46.2 Å². The molecule has 1 N–H and O–H groups in total. The highest BCUT2D eigenvalue weighted by Crippen LogP contribution is 2.37. The number of carbonyl (C=O) groups is 2. The average Bonchev–Trinajstić information content (AvgIpc) is 2.81. The highest BCUT2D eigenvalue weighted by Gasteiger charge is 2.42. The quantitative estimate of drug-likeness (QED) is 0.838. The first-order valence-electron chi connectivity index (χ1n) is 7.29. The zero-order valence-electron chi connectivity index (χ0n) is 12.6.